The van der Waals surface area contributed by atoms with Crippen LogP contribution in [-0.4, -0.2) is 49.4 Å². The van der Waals surface area contributed by atoms with E-state index in [1.807, 2.05) is 24.3 Å². The van der Waals surface area contributed by atoms with Gasteiger partial charge in [-0.1, -0.05) is 17.3 Å². The van der Waals surface area contributed by atoms with Gasteiger partial charge in [-0.05, 0) is 37.8 Å². The van der Waals surface area contributed by atoms with E-state index in [1.54, 1.807) is 25.1 Å². The zero-order chi connectivity index (χ0) is 19.1. The number of aromatic nitrogens is 1. The number of rotatable bonds is 8. The van der Waals surface area contributed by atoms with Crippen molar-refractivity contribution in [1.29, 1.82) is 0 Å². The quantitative estimate of drug-likeness (QED) is 0.706. The van der Waals surface area contributed by atoms with Crippen molar-refractivity contribution in [2.75, 3.05) is 27.3 Å². The van der Waals surface area contributed by atoms with E-state index in [9.17, 15) is 4.79 Å². The zero-order valence-corrected chi connectivity index (χ0v) is 15.8. The topological polar surface area (TPSA) is 74.0 Å². The van der Waals surface area contributed by atoms with Crippen LogP contribution in [-0.2, 0) is 11.3 Å². The third-order valence-corrected chi connectivity index (χ3v) is 4.62. The van der Waals surface area contributed by atoms with Gasteiger partial charge in [0.25, 0.3) is 5.91 Å². The van der Waals surface area contributed by atoms with Crippen molar-refractivity contribution in [3.63, 3.8) is 0 Å². The molecule has 1 amide bonds. The third kappa shape index (κ3) is 5.23. The normalized spacial score (nSPS) is 16.7. The molecule has 1 aliphatic rings. The Morgan fingerprint density at radius 2 is 2.11 bits per heavy atom. The molecule has 1 atom stereocenters. The summed E-state index contributed by atoms with van der Waals surface area (Å²) in [5.41, 5.74) is 0.278. The molecule has 1 aliphatic heterocycles. The van der Waals surface area contributed by atoms with Gasteiger partial charge in [-0.15, -0.1) is 0 Å². The van der Waals surface area contributed by atoms with Gasteiger partial charge >= 0.3 is 0 Å². The van der Waals surface area contributed by atoms with Gasteiger partial charge in [0.05, 0.1) is 13.2 Å². The van der Waals surface area contributed by atoms with Gasteiger partial charge in [0.1, 0.15) is 6.61 Å². The van der Waals surface area contributed by atoms with Crippen LogP contribution in [0.15, 0.2) is 34.9 Å². The molecule has 7 heteroatoms. The number of carbonyl (C=O) groups excluding carboxylic acids is 1. The minimum absolute atomic E-state index is 0.167. The van der Waals surface area contributed by atoms with E-state index in [0.717, 1.165) is 25.9 Å². The molecule has 146 valence electrons. The Bertz CT molecular complexity index is 739. The molecule has 0 unspecified atom stereocenters. The second-order valence-electron chi connectivity index (χ2n) is 6.62. The van der Waals surface area contributed by atoms with Gasteiger partial charge in [-0.2, -0.15) is 0 Å². The van der Waals surface area contributed by atoms with Gasteiger partial charge in [0, 0.05) is 26.3 Å². The predicted octanol–water partition coefficient (Wildman–Crippen LogP) is 3.29. The summed E-state index contributed by atoms with van der Waals surface area (Å²) >= 11 is 0. The van der Waals surface area contributed by atoms with Crippen LogP contribution in [0.25, 0.3) is 0 Å². The molecule has 3 rings (SSSR count). The Hall–Kier alpha value is -2.54. The molecule has 2 aromatic rings. The van der Waals surface area contributed by atoms with Crippen LogP contribution in [0.5, 0.6) is 11.5 Å². The first-order chi connectivity index (χ1) is 13.2. The Balaban J connectivity index is 1.50. The first-order valence-electron chi connectivity index (χ1n) is 9.26. The van der Waals surface area contributed by atoms with Crippen LogP contribution in [0.1, 0.15) is 41.9 Å². The van der Waals surface area contributed by atoms with Gasteiger partial charge in [0.15, 0.2) is 23.0 Å². The molecule has 2 heterocycles. The SMILES string of the molecule is COc1ccccc1OCc1cc(C(=O)N(C)CC[C@H]2CCCCO2)no1. The van der Waals surface area contributed by atoms with Gasteiger partial charge in [-0.3, -0.25) is 4.79 Å². The summed E-state index contributed by atoms with van der Waals surface area (Å²) in [5, 5.41) is 3.88. The maximum absolute atomic E-state index is 12.5. The van der Waals surface area contributed by atoms with Crippen molar-refractivity contribution in [1.82, 2.24) is 10.1 Å². The number of nitrogens with zero attached hydrogens (tertiary/aromatic N) is 2. The molecule has 1 aromatic heterocycles. The van der Waals surface area contributed by atoms with Crippen molar-refractivity contribution in [3.05, 3.63) is 41.8 Å². The highest BCUT2D eigenvalue weighted by atomic mass is 16.5. The molecule has 0 spiro atoms. The summed E-state index contributed by atoms with van der Waals surface area (Å²) in [5.74, 6) is 1.55. The first kappa shape index (κ1) is 19.2. The van der Waals surface area contributed by atoms with Crippen LogP contribution in [0.4, 0.5) is 0 Å². The Morgan fingerprint density at radius 3 is 2.85 bits per heavy atom. The van der Waals surface area contributed by atoms with Crippen molar-refractivity contribution in [2.24, 2.45) is 0 Å². The van der Waals surface area contributed by atoms with E-state index in [0.29, 0.717) is 23.8 Å². The average Bonchev–Trinajstić information content (AvgIpc) is 3.20. The standard InChI is InChI=1S/C20H26N2O5/c1-22(11-10-15-7-5-6-12-25-15)20(23)17-13-16(27-21-17)14-26-19-9-4-3-8-18(19)24-2/h3-4,8-9,13,15H,5-7,10-12,14H2,1-2H3/t15-/m1/s1. The molecule has 0 N–H and O–H groups in total. The molecule has 1 saturated heterocycles. The number of para-hydroxylation sites is 2. The largest absolute Gasteiger partial charge is 0.493 e. The molecular weight excluding hydrogens is 348 g/mol. The summed E-state index contributed by atoms with van der Waals surface area (Å²) in [4.78, 5) is 14.2. The molecule has 1 fully saturated rings. The Kier molecular flexibility index (Phi) is 6.70. The lowest BCUT2D eigenvalue weighted by atomic mass is 10.1. The van der Waals surface area contributed by atoms with Crippen molar-refractivity contribution >= 4 is 5.91 Å². The number of ether oxygens (including phenoxy) is 3. The van der Waals surface area contributed by atoms with E-state index in [1.165, 1.54) is 6.42 Å². The van der Waals surface area contributed by atoms with E-state index in [2.05, 4.69) is 5.16 Å². The molecule has 0 radical (unpaired) electrons. The minimum atomic E-state index is -0.168. The fourth-order valence-electron chi connectivity index (χ4n) is 3.04. The molecule has 0 aliphatic carbocycles. The van der Waals surface area contributed by atoms with Gasteiger partial charge < -0.3 is 23.6 Å². The molecular formula is C20H26N2O5. The highest BCUT2D eigenvalue weighted by Gasteiger charge is 2.20. The van der Waals surface area contributed by atoms with Crippen LogP contribution >= 0.6 is 0 Å². The molecule has 1 aromatic carbocycles. The summed E-state index contributed by atoms with van der Waals surface area (Å²) in [7, 11) is 3.35. The van der Waals surface area contributed by atoms with Crippen LogP contribution in [0.2, 0.25) is 0 Å². The number of carbonyl (C=O) groups is 1. The van der Waals surface area contributed by atoms with Crippen LogP contribution < -0.4 is 9.47 Å². The van der Waals surface area contributed by atoms with Crippen LogP contribution in [0, 0.1) is 0 Å². The van der Waals surface area contributed by atoms with Crippen molar-refractivity contribution in [2.45, 2.75) is 38.4 Å². The maximum Gasteiger partial charge on any atom is 0.275 e. The van der Waals surface area contributed by atoms with Crippen molar-refractivity contribution < 1.29 is 23.5 Å². The van der Waals surface area contributed by atoms with E-state index in [4.69, 9.17) is 18.7 Å². The Labute approximate surface area is 159 Å². The Morgan fingerprint density at radius 1 is 1.30 bits per heavy atom. The number of methoxy groups -OCH3 is 1. The van der Waals surface area contributed by atoms with E-state index in [-0.39, 0.29) is 24.3 Å². The smallest absolute Gasteiger partial charge is 0.275 e. The molecule has 0 bridgehead atoms. The first-order valence-corrected chi connectivity index (χ1v) is 9.26. The van der Waals surface area contributed by atoms with Gasteiger partial charge in [0.2, 0.25) is 0 Å². The number of hydrogen-bond acceptors (Lipinski definition) is 6. The van der Waals surface area contributed by atoms with E-state index >= 15 is 0 Å². The molecule has 27 heavy (non-hydrogen) atoms. The second kappa shape index (κ2) is 9.41. The predicted molar refractivity (Wildman–Crippen MR) is 99.0 cm³/mol. The third-order valence-electron chi connectivity index (χ3n) is 4.62. The summed E-state index contributed by atoms with van der Waals surface area (Å²) < 4.78 is 21.9. The highest BCUT2D eigenvalue weighted by molar-refractivity contribution is 5.92. The fourth-order valence-corrected chi connectivity index (χ4v) is 3.04. The fraction of sp³-hybridized carbons (Fsp3) is 0.500. The van der Waals surface area contributed by atoms with E-state index < -0.39 is 0 Å². The second-order valence-corrected chi connectivity index (χ2v) is 6.62. The van der Waals surface area contributed by atoms with Crippen molar-refractivity contribution in [3.8, 4) is 11.5 Å². The minimum Gasteiger partial charge on any atom is -0.493 e. The highest BCUT2D eigenvalue weighted by Crippen LogP contribution is 2.26. The van der Waals surface area contributed by atoms with Gasteiger partial charge in [-0.25, -0.2) is 0 Å². The summed E-state index contributed by atoms with van der Waals surface area (Å²) in [6.07, 6.45) is 4.47. The lowest BCUT2D eigenvalue weighted by Crippen LogP contribution is -2.31. The number of amides is 1. The zero-order valence-electron chi connectivity index (χ0n) is 15.8. The lowest BCUT2D eigenvalue weighted by molar-refractivity contribution is 0.00703. The van der Waals surface area contributed by atoms with Crippen LogP contribution in [0.3, 0.4) is 0 Å². The summed E-state index contributed by atoms with van der Waals surface area (Å²) in [6.45, 7) is 1.62. The monoisotopic (exact) mass is 374 g/mol. The number of hydrogen-bond donors (Lipinski definition) is 0. The molecule has 0 saturated carbocycles. The lowest BCUT2D eigenvalue weighted by Gasteiger charge is -2.24. The average molecular weight is 374 g/mol. The molecule has 7 nitrogen and oxygen atoms in total. The maximum atomic E-state index is 12.5. The summed E-state index contributed by atoms with van der Waals surface area (Å²) in [6, 6.07) is 8.96. The number of benzene rings is 1.